The van der Waals surface area contributed by atoms with E-state index in [-0.39, 0.29) is 0 Å². The van der Waals surface area contributed by atoms with Crippen LogP contribution in [0, 0.1) is 0 Å². The van der Waals surface area contributed by atoms with E-state index < -0.39 is 12.0 Å². The Balaban J connectivity index is 3.90. The van der Waals surface area contributed by atoms with Gasteiger partial charge in [0.25, 0.3) is 0 Å². The van der Waals surface area contributed by atoms with E-state index in [1.165, 1.54) is 0 Å². The summed E-state index contributed by atoms with van der Waals surface area (Å²) in [7, 11) is 2.02. The smallest absolute Gasteiger partial charge is 0.320 e. The largest absolute Gasteiger partial charge is 0.480 e. The second-order valence-electron chi connectivity index (χ2n) is 4.21. The first kappa shape index (κ1) is 14.4. The average molecular weight is 216 g/mol. The lowest BCUT2D eigenvalue weighted by Gasteiger charge is -2.23. The fourth-order valence-corrected chi connectivity index (χ4v) is 1.22. The second kappa shape index (κ2) is 7.65. The zero-order chi connectivity index (χ0) is 11.8. The topological polar surface area (TPSA) is 52.6 Å². The Morgan fingerprint density at radius 2 is 2.07 bits per heavy atom. The SMILES string of the molecule is CCCNC(CCN(C)C(C)C)C(=O)O. The van der Waals surface area contributed by atoms with Crippen molar-refractivity contribution in [1.29, 1.82) is 0 Å². The van der Waals surface area contributed by atoms with Crippen LogP contribution in [0.5, 0.6) is 0 Å². The molecule has 4 nitrogen and oxygen atoms in total. The van der Waals surface area contributed by atoms with Gasteiger partial charge in [-0.25, -0.2) is 0 Å². The number of carboxylic acids is 1. The lowest BCUT2D eigenvalue weighted by Crippen LogP contribution is -2.40. The highest BCUT2D eigenvalue weighted by Crippen LogP contribution is 1.99. The van der Waals surface area contributed by atoms with Crippen molar-refractivity contribution in [2.75, 3.05) is 20.1 Å². The zero-order valence-electron chi connectivity index (χ0n) is 10.3. The molecule has 0 saturated carbocycles. The fraction of sp³-hybridized carbons (Fsp3) is 0.909. The molecule has 0 heterocycles. The van der Waals surface area contributed by atoms with Crippen LogP contribution in [0.2, 0.25) is 0 Å². The fourth-order valence-electron chi connectivity index (χ4n) is 1.22. The van der Waals surface area contributed by atoms with Crippen LogP contribution in [0.25, 0.3) is 0 Å². The van der Waals surface area contributed by atoms with Crippen LogP contribution in [0.15, 0.2) is 0 Å². The summed E-state index contributed by atoms with van der Waals surface area (Å²) in [5, 5.41) is 12.0. The van der Waals surface area contributed by atoms with Crippen LogP contribution < -0.4 is 5.32 Å². The molecule has 1 atom stereocenters. The van der Waals surface area contributed by atoms with Gasteiger partial charge in [0.1, 0.15) is 6.04 Å². The van der Waals surface area contributed by atoms with Crippen molar-refractivity contribution in [3.8, 4) is 0 Å². The Bertz CT molecular complexity index is 183. The number of aliphatic carboxylic acids is 1. The summed E-state index contributed by atoms with van der Waals surface area (Å²) in [6.45, 7) is 7.82. The monoisotopic (exact) mass is 216 g/mol. The van der Waals surface area contributed by atoms with E-state index in [0.717, 1.165) is 19.5 Å². The number of rotatable bonds is 8. The minimum absolute atomic E-state index is 0.411. The molecule has 0 rings (SSSR count). The number of nitrogens with one attached hydrogen (secondary N) is 1. The zero-order valence-corrected chi connectivity index (χ0v) is 10.3. The summed E-state index contributed by atoms with van der Waals surface area (Å²) in [5.74, 6) is -0.749. The minimum Gasteiger partial charge on any atom is -0.480 e. The summed E-state index contributed by atoms with van der Waals surface area (Å²) in [6.07, 6.45) is 1.62. The van der Waals surface area contributed by atoms with Crippen LogP contribution in [-0.4, -0.2) is 48.2 Å². The molecule has 0 fully saturated rings. The van der Waals surface area contributed by atoms with E-state index in [0.29, 0.717) is 12.5 Å². The molecule has 0 aliphatic heterocycles. The van der Waals surface area contributed by atoms with Gasteiger partial charge in [-0.3, -0.25) is 4.79 Å². The predicted octanol–water partition coefficient (Wildman–Crippen LogP) is 1.17. The number of hydrogen-bond donors (Lipinski definition) is 2. The van der Waals surface area contributed by atoms with Gasteiger partial charge in [-0.05, 0) is 40.3 Å². The Labute approximate surface area is 92.7 Å². The van der Waals surface area contributed by atoms with Crippen molar-refractivity contribution in [3.05, 3.63) is 0 Å². The van der Waals surface area contributed by atoms with Gasteiger partial charge in [0.05, 0.1) is 0 Å². The number of hydrogen-bond acceptors (Lipinski definition) is 3. The van der Waals surface area contributed by atoms with Gasteiger partial charge < -0.3 is 15.3 Å². The van der Waals surface area contributed by atoms with Crippen molar-refractivity contribution in [1.82, 2.24) is 10.2 Å². The first-order valence-corrected chi connectivity index (χ1v) is 5.65. The van der Waals surface area contributed by atoms with E-state index in [4.69, 9.17) is 5.11 Å². The molecule has 0 aromatic rings. The molecule has 2 N–H and O–H groups in total. The second-order valence-corrected chi connectivity index (χ2v) is 4.21. The molecular formula is C11H24N2O2. The third-order valence-electron chi connectivity index (χ3n) is 2.59. The molecule has 0 bridgehead atoms. The predicted molar refractivity (Wildman–Crippen MR) is 62.1 cm³/mol. The molecule has 0 radical (unpaired) electrons. The molecule has 0 aromatic carbocycles. The molecule has 90 valence electrons. The van der Waals surface area contributed by atoms with E-state index in [2.05, 4.69) is 24.1 Å². The summed E-state index contributed by atoms with van der Waals surface area (Å²) in [4.78, 5) is 13.1. The molecule has 0 spiro atoms. The van der Waals surface area contributed by atoms with Gasteiger partial charge in [-0.1, -0.05) is 6.92 Å². The molecule has 0 aliphatic rings. The van der Waals surface area contributed by atoms with Crippen LogP contribution in [0.1, 0.15) is 33.6 Å². The molecule has 1 unspecified atom stereocenters. The van der Waals surface area contributed by atoms with Gasteiger partial charge in [-0.15, -0.1) is 0 Å². The highest BCUT2D eigenvalue weighted by molar-refractivity contribution is 5.73. The first-order chi connectivity index (χ1) is 6.99. The van der Waals surface area contributed by atoms with Crippen LogP contribution in [-0.2, 0) is 4.79 Å². The minimum atomic E-state index is -0.749. The van der Waals surface area contributed by atoms with Crippen LogP contribution >= 0.6 is 0 Å². The van der Waals surface area contributed by atoms with Crippen molar-refractivity contribution in [2.45, 2.75) is 45.7 Å². The molecule has 0 aliphatic carbocycles. The molecule has 0 amide bonds. The molecule has 15 heavy (non-hydrogen) atoms. The normalized spacial score (nSPS) is 13.5. The maximum absolute atomic E-state index is 10.9. The standard InChI is InChI=1S/C11H24N2O2/c1-5-7-12-10(11(14)15)6-8-13(4)9(2)3/h9-10,12H,5-8H2,1-4H3,(H,14,15). The Kier molecular flexibility index (Phi) is 7.34. The van der Waals surface area contributed by atoms with Crippen molar-refractivity contribution < 1.29 is 9.90 Å². The van der Waals surface area contributed by atoms with Crippen LogP contribution in [0.4, 0.5) is 0 Å². The number of carboxylic acid groups (broad SMARTS) is 1. The summed E-state index contributed by atoms with van der Waals surface area (Å²) < 4.78 is 0. The lowest BCUT2D eigenvalue weighted by molar-refractivity contribution is -0.139. The maximum atomic E-state index is 10.9. The lowest BCUT2D eigenvalue weighted by atomic mass is 10.2. The molecule has 0 saturated heterocycles. The van der Waals surface area contributed by atoms with Gasteiger partial charge in [-0.2, -0.15) is 0 Å². The quantitative estimate of drug-likeness (QED) is 0.639. The third kappa shape index (κ3) is 6.47. The Morgan fingerprint density at radius 3 is 2.47 bits per heavy atom. The van der Waals surface area contributed by atoms with Crippen molar-refractivity contribution in [3.63, 3.8) is 0 Å². The summed E-state index contributed by atoms with van der Waals surface area (Å²) >= 11 is 0. The van der Waals surface area contributed by atoms with Gasteiger partial charge >= 0.3 is 5.97 Å². The first-order valence-electron chi connectivity index (χ1n) is 5.65. The molecule has 4 heteroatoms. The Hall–Kier alpha value is -0.610. The number of carbonyl (C=O) groups is 1. The van der Waals surface area contributed by atoms with E-state index in [1.54, 1.807) is 0 Å². The Morgan fingerprint density at radius 1 is 1.47 bits per heavy atom. The summed E-state index contributed by atoms with van der Waals surface area (Å²) in [6, 6.07) is 0.0526. The van der Waals surface area contributed by atoms with Gasteiger partial charge in [0, 0.05) is 12.6 Å². The van der Waals surface area contributed by atoms with Gasteiger partial charge in [0.2, 0.25) is 0 Å². The maximum Gasteiger partial charge on any atom is 0.320 e. The highest BCUT2D eigenvalue weighted by Gasteiger charge is 2.17. The van der Waals surface area contributed by atoms with Crippen LogP contribution in [0.3, 0.4) is 0 Å². The van der Waals surface area contributed by atoms with Crippen molar-refractivity contribution >= 4 is 5.97 Å². The van der Waals surface area contributed by atoms with E-state index >= 15 is 0 Å². The van der Waals surface area contributed by atoms with E-state index in [9.17, 15) is 4.79 Å². The number of nitrogens with zero attached hydrogens (tertiary/aromatic N) is 1. The molecular weight excluding hydrogens is 192 g/mol. The summed E-state index contributed by atoms with van der Waals surface area (Å²) in [5.41, 5.74) is 0. The molecule has 0 aromatic heterocycles. The van der Waals surface area contributed by atoms with E-state index in [1.807, 2.05) is 14.0 Å². The van der Waals surface area contributed by atoms with Crippen molar-refractivity contribution in [2.24, 2.45) is 0 Å². The third-order valence-corrected chi connectivity index (χ3v) is 2.59. The highest BCUT2D eigenvalue weighted by atomic mass is 16.4. The average Bonchev–Trinajstić information content (AvgIpc) is 2.16. The van der Waals surface area contributed by atoms with Gasteiger partial charge in [0.15, 0.2) is 0 Å².